The molecule has 3 rings (SSSR count). The Morgan fingerprint density at radius 1 is 1.15 bits per heavy atom. The summed E-state index contributed by atoms with van der Waals surface area (Å²) in [4.78, 5) is 20.6. The number of hydrogen-bond donors (Lipinski definition) is 7. The van der Waals surface area contributed by atoms with Gasteiger partial charge in [0.05, 0.1) is 11.8 Å². The second kappa shape index (κ2) is 14.7. The summed E-state index contributed by atoms with van der Waals surface area (Å²) in [7, 11) is 1.70. The molecule has 3 aromatic rings. The van der Waals surface area contributed by atoms with Crippen molar-refractivity contribution < 1.29 is 14.3 Å². The number of hydrogen-bond acceptors (Lipinski definition) is 5. The van der Waals surface area contributed by atoms with Crippen molar-refractivity contribution >= 4 is 34.3 Å². The standard InChI is InChI=1S/C29H37FN8O2/c1-5-19(25(39)6-2)16-34-28(31)37-29(38-32-4)35-17-21-9-7-8-10-23(21)26-24-12-11-22(36-27(40)18(3)30)15-20(24)13-14-33-26/h7-15,19,25,32,39H,3,5-6,16-17H2,1-2,4H3,(H,36,40)(H4,31,34,35,37,38)/t19-,25+/m1/s1. The van der Waals surface area contributed by atoms with Crippen LogP contribution in [0.25, 0.3) is 22.0 Å². The highest BCUT2D eigenvalue weighted by atomic mass is 19.1. The molecule has 2 atom stereocenters. The lowest BCUT2D eigenvalue weighted by Gasteiger charge is -2.21. The van der Waals surface area contributed by atoms with Crippen molar-refractivity contribution in [2.45, 2.75) is 39.3 Å². The first-order valence-corrected chi connectivity index (χ1v) is 13.2. The van der Waals surface area contributed by atoms with Crippen molar-refractivity contribution in [1.82, 2.24) is 26.5 Å². The van der Waals surface area contributed by atoms with Gasteiger partial charge < -0.3 is 21.1 Å². The Morgan fingerprint density at radius 3 is 2.62 bits per heavy atom. The lowest BCUT2D eigenvalue weighted by atomic mass is 9.98. The van der Waals surface area contributed by atoms with Gasteiger partial charge in [-0.1, -0.05) is 50.8 Å². The third-order valence-electron chi connectivity index (χ3n) is 6.47. The van der Waals surface area contributed by atoms with Crippen LogP contribution in [0.15, 0.2) is 72.1 Å². The third kappa shape index (κ3) is 8.08. The van der Waals surface area contributed by atoms with Gasteiger partial charge in [-0.05, 0) is 42.0 Å². The molecule has 0 aliphatic rings. The number of aliphatic hydroxyl groups excluding tert-OH is 1. The summed E-state index contributed by atoms with van der Waals surface area (Å²) in [5.41, 5.74) is 8.78. The number of aromatic nitrogens is 1. The number of halogens is 1. The number of hydrazine groups is 1. The number of rotatable bonds is 11. The van der Waals surface area contributed by atoms with E-state index in [9.17, 15) is 14.3 Å². The molecule has 0 aliphatic heterocycles. The Kier molecular flexibility index (Phi) is 11.1. The fourth-order valence-electron chi connectivity index (χ4n) is 4.25. The van der Waals surface area contributed by atoms with E-state index in [-0.39, 0.29) is 11.9 Å². The average molecular weight is 549 g/mol. The summed E-state index contributed by atoms with van der Waals surface area (Å²) in [6, 6.07) is 14.9. The first-order valence-electron chi connectivity index (χ1n) is 13.2. The third-order valence-corrected chi connectivity index (χ3v) is 6.47. The topological polar surface area (TPSA) is 147 Å². The SMILES string of the molecule is C=C(F)C(=O)Nc1ccc2c(-c3ccccc3CN/C(=N/C(=N)NC[C@@H](CC)[C@@H](O)CC)NNC)nccc2c1. The molecule has 40 heavy (non-hydrogen) atoms. The van der Waals surface area contributed by atoms with Gasteiger partial charge in [0.1, 0.15) is 0 Å². The van der Waals surface area contributed by atoms with Crippen LogP contribution in [-0.4, -0.2) is 47.6 Å². The molecule has 0 bridgehead atoms. The molecule has 1 amide bonds. The maximum Gasteiger partial charge on any atom is 0.283 e. The molecular weight excluding hydrogens is 511 g/mol. The lowest BCUT2D eigenvalue weighted by molar-refractivity contribution is -0.114. The maximum atomic E-state index is 13.1. The van der Waals surface area contributed by atoms with Crippen LogP contribution in [-0.2, 0) is 11.3 Å². The van der Waals surface area contributed by atoms with Gasteiger partial charge in [0, 0.05) is 48.9 Å². The van der Waals surface area contributed by atoms with Gasteiger partial charge in [-0.2, -0.15) is 4.99 Å². The van der Waals surface area contributed by atoms with Crippen molar-refractivity contribution in [3.05, 3.63) is 72.7 Å². The molecule has 0 aliphatic carbocycles. The highest BCUT2D eigenvalue weighted by Crippen LogP contribution is 2.30. The van der Waals surface area contributed by atoms with Crippen LogP contribution in [0.3, 0.4) is 0 Å². The van der Waals surface area contributed by atoms with Gasteiger partial charge in [0.15, 0.2) is 5.83 Å². The Hall–Kier alpha value is -4.35. The number of pyridine rings is 1. The summed E-state index contributed by atoms with van der Waals surface area (Å²) in [6.45, 7) is 7.80. The van der Waals surface area contributed by atoms with Crippen molar-refractivity contribution in [2.75, 3.05) is 18.9 Å². The number of anilines is 1. The average Bonchev–Trinajstić information content (AvgIpc) is 2.95. The minimum absolute atomic E-state index is 0.0322. The summed E-state index contributed by atoms with van der Waals surface area (Å²) in [5, 5.41) is 28.8. The molecule has 0 radical (unpaired) electrons. The number of benzene rings is 2. The van der Waals surface area contributed by atoms with Crippen molar-refractivity contribution in [3.8, 4) is 11.3 Å². The zero-order valence-electron chi connectivity index (χ0n) is 23.0. The highest BCUT2D eigenvalue weighted by molar-refractivity contribution is 6.04. The van der Waals surface area contributed by atoms with E-state index in [1.165, 1.54) is 0 Å². The summed E-state index contributed by atoms with van der Waals surface area (Å²) < 4.78 is 13.1. The predicted octanol–water partition coefficient (Wildman–Crippen LogP) is 3.81. The number of nitrogens with zero attached hydrogens (tertiary/aromatic N) is 2. The zero-order valence-corrected chi connectivity index (χ0v) is 23.0. The number of nitrogens with one attached hydrogen (secondary N) is 6. The largest absolute Gasteiger partial charge is 0.393 e. The first-order chi connectivity index (χ1) is 19.3. The van der Waals surface area contributed by atoms with Crippen LogP contribution in [0.1, 0.15) is 32.3 Å². The Morgan fingerprint density at radius 2 is 1.93 bits per heavy atom. The second-order valence-corrected chi connectivity index (χ2v) is 9.17. The molecule has 2 aromatic carbocycles. The Balaban J connectivity index is 1.80. The van der Waals surface area contributed by atoms with Crippen LogP contribution in [0, 0.1) is 11.3 Å². The first kappa shape index (κ1) is 30.2. The van der Waals surface area contributed by atoms with E-state index in [4.69, 9.17) is 5.41 Å². The number of aliphatic imine (C=N–C) groups is 1. The van der Waals surface area contributed by atoms with Crippen LogP contribution < -0.4 is 26.8 Å². The van der Waals surface area contributed by atoms with E-state index in [0.717, 1.165) is 34.0 Å². The number of amides is 1. The van der Waals surface area contributed by atoms with Crippen LogP contribution in [0.4, 0.5) is 10.1 Å². The molecule has 0 spiro atoms. The van der Waals surface area contributed by atoms with Crippen molar-refractivity contribution in [3.63, 3.8) is 0 Å². The molecule has 11 heteroatoms. The maximum absolute atomic E-state index is 13.1. The van der Waals surface area contributed by atoms with E-state index < -0.39 is 17.8 Å². The van der Waals surface area contributed by atoms with E-state index in [1.807, 2.05) is 50.2 Å². The molecule has 0 fully saturated rings. The van der Waals surface area contributed by atoms with E-state index in [1.54, 1.807) is 25.4 Å². The van der Waals surface area contributed by atoms with Gasteiger partial charge >= 0.3 is 0 Å². The number of fused-ring (bicyclic) bond motifs is 1. The summed E-state index contributed by atoms with van der Waals surface area (Å²) >= 11 is 0. The Labute approximate surface area is 233 Å². The number of carbonyl (C=O) groups excluding carboxylic acids is 1. The zero-order chi connectivity index (χ0) is 29.1. The fraction of sp³-hybridized carbons (Fsp3) is 0.310. The molecule has 0 saturated carbocycles. The lowest BCUT2D eigenvalue weighted by Crippen LogP contribution is -2.45. The number of guanidine groups is 2. The number of aliphatic hydroxyl groups is 1. The Bertz CT molecular complexity index is 1380. The minimum atomic E-state index is -1.06. The predicted molar refractivity (Wildman–Crippen MR) is 158 cm³/mol. The van der Waals surface area contributed by atoms with Gasteiger partial charge in [-0.3, -0.25) is 20.6 Å². The summed E-state index contributed by atoms with van der Waals surface area (Å²) in [6.07, 6.45) is 2.70. The summed E-state index contributed by atoms with van der Waals surface area (Å²) in [5.74, 6) is -1.59. The monoisotopic (exact) mass is 548 g/mol. The van der Waals surface area contributed by atoms with E-state index >= 15 is 0 Å². The van der Waals surface area contributed by atoms with Crippen LogP contribution in [0.2, 0.25) is 0 Å². The number of carbonyl (C=O) groups is 1. The fourth-order valence-corrected chi connectivity index (χ4v) is 4.25. The van der Waals surface area contributed by atoms with Crippen LogP contribution >= 0.6 is 0 Å². The molecular formula is C29H37FN8O2. The smallest absolute Gasteiger partial charge is 0.283 e. The van der Waals surface area contributed by atoms with E-state index in [0.29, 0.717) is 31.2 Å². The van der Waals surface area contributed by atoms with Gasteiger partial charge in [0.2, 0.25) is 11.9 Å². The molecule has 212 valence electrons. The van der Waals surface area contributed by atoms with Crippen molar-refractivity contribution in [2.24, 2.45) is 10.9 Å². The molecule has 7 N–H and O–H groups in total. The van der Waals surface area contributed by atoms with Crippen molar-refractivity contribution in [1.29, 1.82) is 5.41 Å². The quantitative estimate of drug-likeness (QED) is 0.0834. The highest BCUT2D eigenvalue weighted by Gasteiger charge is 2.16. The van der Waals surface area contributed by atoms with Gasteiger partial charge in [0.25, 0.3) is 5.91 Å². The molecule has 0 saturated heterocycles. The molecule has 1 heterocycles. The van der Waals surface area contributed by atoms with E-state index in [2.05, 4.69) is 43.4 Å². The normalized spacial score (nSPS) is 12.9. The van der Waals surface area contributed by atoms with Crippen LogP contribution in [0.5, 0.6) is 0 Å². The minimum Gasteiger partial charge on any atom is -0.393 e. The second-order valence-electron chi connectivity index (χ2n) is 9.17. The molecule has 1 aromatic heterocycles. The van der Waals surface area contributed by atoms with Gasteiger partial charge in [-0.15, -0.1) is 0 Å². The molecule has 0 unspecified atom stereocenters. The molecule has 10 nitrogen and oxygen atoms in total. The van der Waals surface area contributed by atoms with Gasteiger partial charge in [-0.25, -0.2) is 9.82 Å².